The maximum atomic E-state index is 13.7. The number of nitrogens with zero attached hydrogens (tertiary/aromatic N) is 2. The van der Waals surface area contributed by atoms with Gasteiger partial charge in [0.1, 0.15) is 10.8 Å². The molecule has 0 saturated heterocycles. The van der Waals surface area contributed by atoms with Gasteiger partial charge in [0, 0.05) is 23.3 Å². The van der Waals surface area contributed by atoms with E-state index in [2.05, 4.69) is 15.3 Å². The topological polar surface area (TPSA) is 54.9 Å². The molecule has 0 bridgehead atoms. The van der Waals surface area contributed by atoms with Crippen LogP contribution in [0.3, 0.4) is 0 Å². The molecular weight excluding hydrogens is 337 g/mol. The number of hydrogen-bond donors (Lipinski definition) is 1. The molecule has 0 saturated carbocycles. The Bertz CT molecular complexity index is 818. The monoisotopic (exact) mass is 347 g/mol. The summed E-state index contributed by atoms with van der Waals surface area (Å²) in [6, 6.07) is 7.85. The van der Waals surface area contributed by atoms with Crippen LogP contribution < -0.4 is 5.32 Å². The Labute approximate surface area is 141 Å². The largest absolute Gasteiger partial charge is 0.346 e. The van der Waals surface area contributed by atoms with E-state index in [0.717, 1.165) is 10.6 Å². The predicted octanol–water partition coefficient (Wildman–Crippen LogP) is 3.93. The van der Waals surface area contributed by atoms with Crippen LogP contribution in [-0.2, 0) is 6.54 Å². The summed E-state index contributed by atoms with van der Waals surface area (Å²) in [6.45, 7) is 0.199. The first-order valence-corrected chi connectivity index (χ1v) is 7.98. The molecule has 1 amide bonds. The van der Waals surface area contributed by atoms with Crippen molar-refractivity contribution in [1.82, 2.24) is 15.3 Å². The summed E-state index contributed by atoms with van der Waals surface area (Å²) in [5.74, 6) is -1.21. The molecule has 3 rings (SSSR count). The minimum absolute atomic E-state index is 0.0817. The van der Waals surface area contributed by atoms with Crippen molar-refractivity contribution in [2.45, 2.75) is 6.54 Å². The molecule has 1 N–H and O–H groups in total. The second-order valence-corrected chi connectivity index (χ2v) is 5.92. The van der Waals surface area contributed by atoms with Gasteiger partial charge in [0.15, 0.2) is 0 Å². The second kappa shape index (κ2) is 6.85. The smallest absolute Gasteiger partial charge is 0.256 e. The molecule has 0 fully saturated rings. The van der Waals surface area contributed by atoms with Crippen molar-refractivity contribution in [2.75, 3.05) is 0 Å². The highest BCUT2D eigenvalue weighted by atomic mass is 35.5. The highest BCUT2D eigenvalue weighted by molar-refractivity contribution is 7.13. The number of halogens is 2. The van der Waals surface area contributed by atoms with Gasteiger partial charge < -0.3 is 5.32 Å². The first kappa shape index (κ1) is 15.6. The Morgan fingerprint density at radius 1 is 1.26 bits per heavy atom. The second-order valence-electron chi connectivity index (χ2n) is 4.66. The number of thiazole rings is 1. The lowest BCUT2D eigenvalue weighted by atomic mass is 10.2. The van der Waals surface area contributed by atoms with E-state index in [9.17, 15) is 9.18 Å². The third-order valence-electron chi connectivity index (χ3n) is 3.10. The molecular formula is C16H11ClFN3OS. The summed E-state index contributed by atoms with van der Waals surface area (Å²) >= 11 is 7.34. The minimum atomic E-state index is -0.647. The Hall–Kier alpha value is -2.31. The van der Waals surface area contributed by atoms with Gasteiger partial charge in [-0.15, -0.1) is 11.3 Å². The molecule has 2 aromatic heterocycles. The lowest BCUT2D eigenvalue weighted by Crippen LogP contribution is -2.24. The van der Waals surface area contributed by atoms with Gasteiger partial charge in [0.25, 0.3) is 5.91 Å². The standard InChI is InChI=1S/C16H11ClFN3OS/c17-12-2-1-3-13(18)14(12)15(22)20-8-11-9-23-16(21-11)10-4-6-19-7-5-10/h1-7,9H,8H2,(H,20,22). The van der Waals surface area contributed by atoms with Crippen LogP contribution in [0.25, 0.3) is 10.6 Å². The summed E-state index contributed by atoms with van der Waals surface area (Å²) in [5, 5.41) is 5.39. The van der Waals surface area contributed by atoms with Crippen molar-refractivity contribution in [3.8, 4) is 10.6 Å². The molecule has 0 aliphatic heterocycles. The van der Waals surface area contributed by atoms with Gasteiger partial charge in [-0.1, -0.05) is 17.7 Å². The normalized spacial score (nSPS) is 10.5. The molecule has 4 nitrogen and oxygen atoms in total. The van der Waals surface area contributed by atoms with Gasteiger partial charge in [0.05, 0.1) is 22.8 Å². The number of amides is 1. The van der Waals surface area contributed by atoms with Gasteiger partial charge in [-0.2, -0.15) is 0 Å². The Kier molecular flexibility index (Phi) is 4.64. The van der Waals surface area contributed by atoms with E-state index in [1.165, 1.54) is 29.5 Å². The van der Waals surface area contributed by atoms with Crippen molar-refractivity contribution >= 4 is 28.8 Å². The van der Waals surface area contributed by atoms with E-state index < -0.39 is 11.7 Å². The van der Waals surface area contributed by atoms with Crippen LogP contribution >= 0.6 is 22.9 Å². The molecule has 0 spiro atoms. The number of rotatable bonds is 4. The number of nitrogens with one attached hydrogen (secondary N) is 1. The summed E-state index contributed by atoms with van der Waals surface area (Å²) < 4.78 is 13.7. The predicted molar refractivity (Wildman–Crippen MR) is 87.9 cm³/mol. The van der Waals surface area contributed by atoms with Crippen LogP contribution in [0.2, 0.25) is 5.02 Å². The Morgan fingerprint density at radius 3 is 2.78 bits per heavy atom. The van der Waals surface area contributed by atoms with Crippen LogP contribution in [0.15, 0.2) is 48.1 Å². The van der Waals surface area contributed by atoms with E-state index in [4.69, 9.17) is 11.6 Å². The molecule has 0 aliphatic carbocycles. The van der Waals surface area contributed by atoms with Crippen LogP contribution in [0.5, 0.6) is 0 Å². The third-order valence-corrected chi connectivity index (χ3v) is 4.35. The molecule has 0 aliphatic rings. The number of hydrogen-bond acceptors (Lipinski definition) is 4. The number of carbonyl (C=O) groups excluding carboxylic acids is 1. The molecule has 0 atom stereocenters. The van der Waals surface area contributed by atoms with Gasteiger partial charge in [-0.3, -0.25) is 9.78 Å². The molecule has 0 unspecified atom stereocenters. The molecule has 116 valence electrons. The highest BCUT2D eigenvalue weighted by Gasteiger charge is 2.15. The summed E-state index contributed by atoms with van der Waals surface area (Å²) in [5.41, 5.74) is 1.50. The van der Waals surface area contributed by atoms with Gasteiger partial charge in [-0.05, 0) is 24.3 Å². The van der Waals surface area contributed by atoms with E-state index in [-0.39, 0.29) is 17.1 Å². The number of carbonyl (C=O) groups is 1. The first-order chi connectivity index (χ1) is 11.1. The minimum Gasteiger partial charge on any atom is -0.346 e. The molecule has 0 radical (unpaired) electrons. The average molecular weight is 348 g/mol. The lowest BCUT2D eigenvalue weighted by Gasteiger charge is -2.06. The van der Waals surface area contributed by atoms with Crippen molar-refractivity contribution in [1.29, 1.82) is 0 Å². The zero-order valence-corrected chi connectivity index (χ0v) is 13.4. The maximum absolute atomic E-state index is 13.7. The highest BCUT2D eigenvalue weighted by Crippen LogP contribution is 2.23. The number of benzene rings is 1. The van der Waals surface area contributed by atoms with Crippen molar-refractivity contribution in [3.05, 3.63) is 70.2 Å². The van der Waals surface area contributed by atoms with Crippen LogP contribution in [0.1, 0.15) is 16.1 Å². The van der Waals surface area contributed by atoms with Crippen LogP contribution in [0.4, 0.5) is 4.39 Å². The SMILES string of the molecule is O=C(NCc1csc(-c2ccncc2)n1)c1c(F)cccc1Cl. The van der Waals surface area contributed by atoms with Crippen LogP contribution in [-0.4, -0.2) is 15.9 Å². The summed E-state index contributed by atoms with van der Waals surface area (Å²) in [4.78, 5) is 20.5. The molecule has 7 heteroatoms. The van der Waals surface area contributed by atoms with Crippen molar-refractivity contribution in [3.63, 3.8) is 0 Å². The Morgan fingerprint density at radius 2 is 2.04 bits per heavy atom. The molecule has 2 heterocycles. The van der Waals surface area contributed by atoms with Gasteiger partial charge in [-0.25, -0.2) is 9.37 Å². The number of aromatic nitrogens is 2. The fraction of sp³-hybridized carbons (Fsp3) is 0.0625. The fourth-order valence-corrected chi connectivity index (χ4v) is 3.06. The van der Waals surface area contributed by atoms with Crippen molar-refractivity contribution in [2.24, 2.45) is 0 Å². The quantitative estimate of drug-likeness (QED) is 0.778. The number of pyridine rings is 1. The summed E-state index contributed by atoms with van der Waals surface area (Å²) in [7, 11) is 0. The van der Waals surface area contributed by atoms with E-state index in [0.29, 0.717) is 5.69 Å². The van der Waals surface area contributed by atoms with Gasteiger partial charge >= 0.3 is 0 Å². The Balaban J connectivity index is 1.70. The van der Waals surface area contributed by atoms with E-state index in [1.807, 2.05) is 17.5 Å². The van der Waals surface area contributed by atoms with Gasteiger partial charge in [0.2, 0.25) is 0 Å². The molecule has 23 heavy (non-hydrogen) atoms. The maximum Gasteiger partial charge on any atom is 0.256 e. The third kappa shape index (κ3) is 3.55. The zero-order valence-electron chi connectivity index (χ0n) is 11.8. The molecule has 3 aromatic rings. The molecule has 1 aromatic carbocycles. The fourth-order valence-electron chi connectivity index (χ4n) is 1.99. The van der Waals surface area contributed by atoms with Crippen LogP contribution in [0, 0.1) is 5.82 Å². The van der Waals surface area contributed by atoms with Crippen molar-refractivity contribution < 1.29 is 9.18 Å². The lowest BCUT2D eigenvalue weighted by molar-refractivity contribution is 0.0946. The average Bonchev–Trinajstić information content (AvgIpc) is 3.02. The first-order valence-electron chi connectivity index (χ1n) is 6.72. The zero-order chi connectivity index (χ0) is 16.2. The summed E-state index contributed by atoms with van der Waals surface area (Å²) in [6.07, 6.45) is 3.39. The van der Waals surface area contributed by atoms with E-state index >= 15 is 0 Å². The van der Waals surface area contributed by atoms with E-state index in [1.54, 1.807) is 12.4 Å².